The summed E-state index contributed by atoms with van der Waals surface area (Å²) in [5.41, 5.74) is 3.69. The highest BCUT2D eigenvalue weighted by Gasteiger charge is 2.16. The summed E-state index contributed by atoms with van der Waals surface area (Å²) in [5, 5.41) is 9.90. The number of aliphatic hydroxyl groups excluding tert-OH is 1. The fourth-order valence-electron chi connectivity index (χ4n) is 1.69. The fraction of sp³-hybridized carbons (Fsp3) is 0.571. The van der Waals surface area contributed by atoms with Gasteiger partial charge >= 0.3 is 0 Å². The second kappa shape index (κ2) is 4.36. The molecule has 0 radical (unpaired) electrons. The SMILES string of the molecule is CCC(O)c1cc(C(C)(C)C)ccc1C. The predicted molar refractivity (Wildman–Crippen MR) is 65.1 cm³/mol. The van der Waals surface area contributed by atoms with Gasteiger partial charge in [0.05, 0.1) is 6.10 Å². The van der Waals surface area contributed by atoms with Gasteiger partial charge in [0.1, 0.15) is 0 Å². The number of hydrogen-bond acceptors (Lipinski definition) is 1. The molecule has 0 fully saturated rings. The Balaban J connectivity index is 3.17. The zero-order chi connectivity index (χ0) is 11.6. The number of aryl methyl sites for hydroxylation is 1. The van der Waals surface area contributed by atoms with Crippen LogP contribution in [0.25, 0.3) is 0 Å². The Kier molecular flexibility index (Phi) is 3.56. The summed E-state index contributed by atoms with van der Waals surface area (Å²) in [6, 6.07) is 6.40. The Morgan fingerprint density at radius 1 is 1.27 bits per heavy atom. The minimum atomic E-state index is -0.327. The molecule has 1 N–H and O–H groups in total. The predicted octanol–water partition coefficient (Wildman–Crippen LogP) is 3.74. The van der Waals surface area contributed by atoms with Gasteiger partial charge in [0.25, 0.3) is 0 Å². The van der Waals surface area contributed by atoms with Crippen LogP contribution in [0.1, 0.15) is 56.9 Å². The smallest absolute Gasteiger partial charge is 0.0790 e. The highest BCUT2D eigenvalue weighted by Crippen LogP contribution is 2.28. The summed E-state index contributed by atoms with van der Waals surface area (Å²) >= 11 is 0. The van der Waals surface area contributed by atoms with Crippen molar-refractivity contribution >= 4 is 0 Å². The summed E-state index contributed by atoms with van der Waals surface area (Å²) in [6.07, 6.45) is 0.446. The molecule has 1 aromatic carbocycles. The first-order valence-electron chi connectivity index (χ1n) is 5.65. The van der Waals surface area contributed by atoms with E-state index in [1.807, 2.05) is 6.92 Å². The topological polar surface area (TPSA) is 20.2 Å². The highest BCUT2D eigenvalue weighted by molar-refractivity contribution is 5.35. The lowest BCUT2D eigenvalue weighted by atomic mass is 9.84. The van der Waals surface area contributed by atoms with Crippen molar-refractivity contribution in [3.05, 3.63) is 34.9 Å². The van der Waals surface area contributed by atoms with Gasteiger partial charge in [-0.25, -0.2) is 0 Å². The van der Waals surface area contributed by atoms with Crippen molar-refractivity contribution < 1.29 is 5.11 Å². The summed E-state index contributed by atoms with van der Waals surface area (Å²) in [6.45, 7) is 10.6. The summed E-state index contributed by atoms with van der Waals surface area (Å²) in [5.74, 6) is 0. The lowest BCUT2D eigenvalue weighted by Crippen LogP contribution is -2.12. The number of hydrogen-bond donors (Lipinski definition) is 1. The molecule has 0 aromatic heterocycles. The van der Waals surface area contributed by atoms with Crippen molar-refractivity contribution in [2.45, 2.75) is 52.6 Å². The van der Waals surface area contributed by atoms with Gasteiger partial charge in [-0.3, -0.25) is 0 Å². The molecule has 0 heterocycles. The minimum absolute atomic E-state index is 0.149. The molecule has 0 amide bonds. The van der Waals surface area contributed by atoms with E-state index >= 15 is 0 Å². The Morgan fingerprint density at radius 3 is 2.33 bits per heavy atom. The van der Waals surface area contributed by atoms with E-state index in [-0.39, 0.29) is 11.5 Å². The van der Waals surface area contributed by atoms with Crippen LogP contribution in [0, 0.1) is 6.92 Å². The van der Waals surface area contributed by atoms with Crippen molar-refractivity contribution in [3.63, 3.8) is 0 Å². The van der Waals surface area contributed by atoms with Gasteiger partial charge in [-0.1, -0.05) is 45.9 Å². The van der Waals surface area contributed by atoms with Crippen molar-refractivity contribution in [2.75, 3.05) is 0 Å². The monoisotopic (exact) mass is 206 g/mol. The van der Waals surface area contributed by atoms with Crippen molar-refractivity contribution in [2.24, 2.45) is 0 Å². The molecule has 1 rings (SSSR count). The molecule has 1 unspecified atom stereocenters. The normalized spacial score (nSPS) is 14.0. The van der Waals surface area contributed by atoms with E-state index in [4.69, 9.17) is 0 Å². The van der Waals surface area contributed by atoms with E-state index in [1.165, 1.54) is 11.1 Å². The Bertz CT molecular complexity index is 334. The third-order valence-electron chi connectivity index (χ3n) is 2.89. The molecule has 0 aliphatic rings. The number of aliphatic hydroxyl groups is 1. The maximum Gasteiger partial charge on any atom is 0.0790 e. The summed E-state index contributed by atoms with van der Waals surface area (Å²) in [4.78, 5) is 0. The van der Waals surface area contributed by atoms with E-state index in [0.29, 0.717) is 0 Å². The van der Waals surface area contributed by atoms with Gasteiger partial charge in [0.2, 0.25) is 0 Å². The quantitative estimate of drug-likeness (QED) is 0.781. The standard InChI is InChI=1S/C14H22O/c1-6-13(15)12-9-11(14(3,4)5)8-7-10(12)2/h7-9,13,15H,6H2,1-5H3. The molecular weight excluding hydrogens is 184 g/mol. The molecule has 0 saturated heterocycles. The third-order valence-corrected chi connectivity index (χ3v) is 2.89. The zero-order valence-electron chi connectivity index (χ0n) is 10.5. The van der Waals surface area contributed by atoms with E-state index in [9.17, 15) is 5.11 Å². The number of benzene rings is 1. The molecule has 1 heteroatoms. The van der Waals surface area contributed by atoms with Crippen LogP contribution in [0.2, 0.25) is 0 Å². The largest absolute Gasteiger partial charge is 0.388 e. The Labute approximate surface area is 93.1 Å². The van der Waals surface area contributed by atoms with E-state index < -0.39 is 0 Å². The Hall–Kier alpha value is -0.820. The van der Waals surface area contributed by atoms with Gasteiger partial charge in [-0.15, -0.1) is 0 Å². The van der Waals surface area contributed by atoms with Crippen LogP contribution in [-0.4, -0.2) is 5.11 Å². The molecule has 1 nitrogen and oxygen atoms in total. The molecule has 0 saturated carbocycles. The van der Waals surface area contributed by atoms with Gasteiger partial charge < -0.3 is 5.11 Å². The fourth-order valence-corrected chi connectivity index (χ4v) is 1.69. The van der Waals surface area contributed by atoms with Gasteiger partial charge in [-0.2, -0.15) is 0 Å². The summed E-state index contributed by atoms with van der Waals surface area (Å²) < 4.78 is 0. The molecular formula is C14H22O. The molecule has 0 spiro atoms. The van der Waals surface area contributed by atoms with Gasteiger partial charge in [0, 0.05) is 0 Å². The van der Waals surface area contributed by atoms with E-state index in [0.717, 1.165) is 12.0 Å². The van der Waals surface area contributed by atoms with Crippen LogP contribution in [-0.2, 0) is 5.41 Å². The lowest BCUT2D eigenvalue weighted by molar-refractivity contribution is 0.173. The molecule has 0 aliphatic carbocycles. The van der Waals surface area contributed by atoms with E-state index in [2.05, 4.69) is 45.9 Å². The van der Waals surface area contributed by atoms with Crippen molar-refractivity contribution in [1.82, 2.24) is 0 Å². The minimum Gasteiger partial charge on any atom is -0.388 e. The second-order valence-corrected chi connectivity index (χ2v) is 5.25. The third kappa shape index (κ3) is 2.82. The first-order valence-corrected chi connectivity index (χ1v) is 5.65. The maximum atomic E-state index is 9.90. The van der Waals surface area contributed by atoms with Gasteiger partial charge in [-0.05, 0) is 35.4 Å². The van der Waals surface area contributed by atoms with Gasteiger partial charge in [0.15, 0.2) is 0 Å². The highest BCUT2D eigenvalue weighted by atomic mass is 16.3. The molecule has 1 aromatic rings. The van der Waals surface area contributed by atoms with Crippen molar-refractivity contribution in [3.8, 4) is 0 Å². The molecule has 0 bridgehead atoms. The van der Waals surface area contributed by atoms with Crippen molar-refractivity contribution in [1.29, 1.82) is 0 Å². The maximum absolute atomic E-state index is 9.90. The van der Waals surface area contributed by atoms with E-state index in [1.54, 1.807) is 0 Å². The first-order chi connectivity index (χ1) is 6.86. The van der Waals surface area contributed by atoms with Crippen LogP contribution >= 0.6 is 0 Å². The summed E-state index contributed by atoms with van der Waals surface area (Å²) in [7, 11) is 0. The average molecular weight is 206 g/mol. The molecule has 1 atom stereocenters. The first kappa shape index (κ1) is 12.3. The number of rotatable bonds is 2. The average Bonchev–Trinajstić information content (AvgIpc) is 2.15. The second-order valence-electron chi connectivity index (χ2n) is 5.25. The Morgan fingerprint density at radius 2 is 1.87 bits per heavy atom. The van der Waals surface area contributed by atoms with Crippen LogP contribution in [0.5, 0.6) is 0 Å². The zero-order valence-corrected chi connectivity index (χ0v) is 10.5. The molecule has 15 heavy (non-hydrogen) atoms. The van der Waals surface area contributed by atoms with Crippen LogP contribution in [0.3, 0.4) is 0 Å². The lowest BCUT2D eigenvalue weighted by Gasteiger charge is -2.22. The van der Waals surface area contributed by atoms with Crippen LogP contribution in [0.15, 0.2) is 18.2 Å². The van der Waals surface area contributed by atoms with Crippen LogP contribution < -0.4 is 0 Å². The molecule has 0 aliphatic heterocycles. The molecule has 84 valence electrons. The van der Waals surface area contributed by atoms with Crippen LogP contribution in [0.4, 0.5) is 0 Å².